The van der Waals surface area contributed by atoms with Crippen LogP contribution < -0.4 is 5.32 Å². The molecule has 0 fully saturated rings. The van der Waals surface area contributed by atoms with E-state index < -0.39 is 6.09 Å². The minimum absolute atomic E-state index is 0.239. The molecule has 0 saturated heterocycles. The van der Waals surface area contributed by atoms with Crippen LogP contribution in [0.2, 0.25) is 0 Å². The maximum Gasteiger partial charge on any atom is 0.407 e. The predicted molar refractivity (Wildman–Crippen MR) is 120 cm³/mol. The van der Waals surface area contributed by atoms with Gasteiger partial charge in [-0.05, 0) is 12.5 Å². The first-order chi connectivity index (χ1) is 16.2. The second-order valence-corrected chi connectivity index (χ2v) is 6.61. The zero-order chi connectivity index (χ0) is 23.8. The molecular formula is C23H37NO9. The highest BCUT2D eigenvalue weighted by Crippen LogP contribution is 2.00. The number of nitrogens with one attached hydrogen (secondary N) is 1. The maximum absolute atomic E-state index is 11.6. The van der Waals surface area contributed by atoms with E-state index in [1.807, 2.05) is 30.3 Å². The minimum Gasteiger partial charge on any atom is -0.466 e. The molecule has 1 rings (SSSR count). The van der Waals surface area contributed by atoms with Crippen molar-refractivity contribution in [3.63, 3.8) is 0 Å². The van der Waals surface area contributed by atoms with Crippen LogP contribution in [-0.2, 0) is 44.6 Å². The van der Waals surface area contributed by atoms with Crippen LogP contribution in [0.4, 0.5) is 4.79 Å². The van der Waals surface area contributed by atoms with Gasteiger partial charge in [0.1, 0.15) is 6.61 Å². The monoisotopic (exact) mass is 471 g/mol. The number of hydrogen-bond donors (Lipinski definition) is 1. The van der Waals surface area contributed by atoms with E-state index in [2.05, 4.69) is 5.32 Å². The maximum atomic E-state index is 11.6. The molecule has 188 valence electrons. The molecule has 33 heavy (non-hydrogen) atoms. The summed E-state index contributed by atoms with van der Waals surface area (Å²) >= 11 is 0. The van der Waals surface area contributed by atoms with Gasteiger partial charge in [-0.3, -0.25) is 4.79 Å². The number of benzene rings is 1. The van der Waals surface area contributed by atoms with Gasteiger partial charge in [-0.2, -0.15) is 0 Å². The number of carbonyl (C=O) groups excluding carboxylic acids is 2. The van der Waals surface area contributed by atoms with E-state index in [1.165, 1.54) is 0 Å². The van der Waals surface area contributed by atoms with Crippen LogP contribution in [0.15, 0.2) is 30.3 Å². The van der Waals surface area contributed by atoms with Gasteiger partial charge in [0, 0.05) is 6.54 Å². The van der Waals surface area contributed by atoms with Crippen molar-refractivity contribution in [1.29, 1.82) is 0 Å². The summed E-state index contributed by atoms with van der Waals surface area (Å²) in [7, 11) is 0. The Labute approximate surface area is 195 Å². The van der Waals surface area contributed by atoms with Crippen LogP contribution in [0.1, 0.15) is 18.9 Å². The Morgan fingerprint density at radius 1 is 0.697 bits per heavy atom. The Morgan fingerprint density at radius 3 is 1.76 bits per heavy atom. The SMILES string of the molecule is CCOC(=O)CCOCCOCCOCCOCCOCCNC(=O)OCc1ccccc1. The molecule has 0 bridgehead atoms. The Kier molecular flexibility index (Phi) is 18.8. The lowest BCUT2D eigenvalue weighted by molar-refractivity contribution is -0.144. The van der Waals surface area contributed by atoms with E-state index in [4.69, 9.17) is 33.2 Å². The Balaban J connectivity index is 1.73. The molecule has 1 aromatic carbocycles. The second kappa shape index (κ2) is 21.6. The molecule has 10 nitrogen and oxygen atoms in total. The lowest BCUT2D eigenvalue weighted by Crippen LogP contribution is -2.28. The fraction of sp³-hybridized carbons (Fsp3) is 0.652. The van der Waals surface area contributed by atoms with E-state index in [0.717, 1.165) is 5.56 Å². The van der Waals surface area contributed by atoms with Crippen LogP contribution in [0.25, 0.3) is 0 Å². The third-order valence-corrected chi connectivity index (χ3v) is 3.97. The molecule has 0 aliphatic carbocycles. The fourth-order valence-corrected chi connectivity index (χ4v) is 2.37. The summed E-state index contributed by atoms with van der Waals surface area (Å²) in [6, 6.07) is 9.48. The highest BCUT2D eigenvalue weighted by molar-refractivity contribution is 5.69. The third-order valence-electron chi connectivity index (χ3n) is 3.97. The first-order valence-electron chi connectivity index (χ1n) is 11.2. The van der Waals surface area contributed by atoms with Crippen LogP contribution in [0.3, 0.4) is 0 Å². The predicted octanol–water partition coefficient (Wildman–Crippen LogP) is 1.95. The normalized spacial score (nSPS) is 10.7. The number of amides is 1. The summed E-state index contributed by atoms with van der Waals surface area (Å²) < 4.78 is 36.7. The Morgan fingerprint density at radius 2 is 1.21 bits per heavy atom. The minimum atomic E-state index is -0.471. The molecule has 10 heteroatoms. The van der Waals surface area contributed by atoms with Gasteiger partial charge in [-0.1, -0.05) is 30.3 Å². The summed E-state index contributed by atoms with van der Waals surface area (Å²) in [6.07, 6.45) is -0.218. The van der Waals surface area contributed by atoms with Crippen molar-refractivity contribution in [1.82, 2.24) is 5.32 Å². The molecule has 0 heterocycles. The summed E-state index contributed by atoms with van der Waals surface area (Å²) in [5.41, 5.74) is 0.937. The van der Waals surface area contributed by atoms with Crippen molar-refractivity contribution in [3.8, 4) is 0 Å². The van der Waals surface area contributed by atoms with Gasteiger partial charge in [-0.25, -0.2) is 4.79 Å². The van der Waals surface area contributed by atoms with Gasteiger partial charge in [0.25, 0.3) is 0 Å². The molecule has 0 aliphatic rings. The van der Waals surface area contributed by atoms with Crippen molar-refractivity contribution >= 4 is 12.1 Å². The van der Waals surface area contributed by atoms with Crippen molar-refractivity contribution in [2.45, 2.75) is 20.0 Å². The van der Waals surface area contributed by atoms with Gasteiger partial charge >= 0.3 is 12.1 Å². The van der Waals surface area contributed by atoms with Gasteiger partial charge < -0.3 is 38.5 Å². The summed E-state index contributed by atoms with van der Waals surface area (Å²) in [5, 5.41) is 2.63. The van der Waals surface area contributed by atoms with Crippen molar-refractivity contribution in [2.24, 2.45) is 0 Å². The van der Waals surface area contributed by atoms with Crippen molar-refractivity contribution in [3.05, 3.63) is 35.9 Å². The third kappa shape index (κ3) is 19.0. The Hall–Kier alpha value is -2.24. The quantitative estimate of drug-likeness (QED) is 0.212. The van der Waals surface area contributed by atoms with E-state index in [-0.39, 0.29) is 19.0 Å². The van der Waals surface area contributed by atoms with Crippen LogP contribution in [0, 0.1) is 0 Å². The van der Waals surface area contributed by atoms with Crippen molar-refractivity contribution < 1.29 is 42.7 Å². The molecule has 1 N–H and O–H groups in total. The number of carbonyl (C=O) groups is 2. The lowest BCUT2D eigenvalue weighted by Gasteiger charge is -2.09. The number of esters is 1. The van der Waals surface area contributed by atoms with Crippen molar-refractivity contribution in [2.75, 3.05) is 79.2 Å². The number of hydrogen-bond acceptors (Lipinski definition) is 9. The van der Waals surface area contributed by atoms with Crippen LogP contribution in [0.5, 0.6) is 0 Å². The van der Waals surface area contributed by atoms with E-state index in [9.17, 15) is 9.59 Å². The van der Waals surface area contributed by atoms with E-state index >= 15 is 0 Å². The average Bonchev–Trinajstić information content (AvgIpc) is 2.82. The molecule has 0 radical (unpaired) electrons. The topological polar surface area (TPSA) is 111 Å². The van der Waals surface area contributed by atoms with Gasteiger partial charge in [0.2, 0.25) is 0 Å². The summed E-state index contributed by atoms with van der Waals surface area (Å²) in [4.78, 5) is 22.7. The van der Waals surface area contributed by atoms with Crippen LogP contribution >= 0.6 is 0 Å². The molecule has 0 unspecified atom stereocenters. The molecule has 1 amide bonds. The number of rotatable bonds is 21. The smallest absolute Gasteiger partial charge is 0.407 e. The summed E-state index contributed by atoms with van der Waals surface area (Å²) in [5.74, 6) is -0.255. The van der Waals surface area contributed by atoms with Crippen LogP contribution in [-0.4, -0.2) is 91.3 Å². The number of ether oxygens (including phenoxy) is 7. The van der Waals surface area contributed by atoms with E-state index in [1.54, 1.807) is 6.92 Å². The molecule has 0 saturated carbocycles. The largest absolute Gasteiger partial charge is 0.466 e. The Bertz CT molecular complexity index is 601. The lowest BCUT2D eigenvalue weighted by atomic mass is 10.2. The standard InChI is InChI=1S/C23H37NO9/c1-2-32-22(25)8-10-27-12-14-29-16-18-31-19-17-30-15-13-28-11-9-24-23(26)33-20-21-6-4-3-5-7-21/h3-7H,2,8-20H2,1H3,(H,24,26). The highest BCUT2D eigenvalue weighted by atomic mass is 16.6. The molecule has 1 aromatic rings. The average molecular weight is 472 g/mol. The summed E-state index contributed by atoms with van der Waals surface area (Å²) in [6.45, 7) is 7.07. The van der Waals surface area contributed by atoms with Gasteiger partial charge in [0.15, 0.2) is 0 Å². The van der Waals surface area contributed by atoms with Gasteiger partial charge in [-0.15, -0.1) is 0 Å². The zero-order valence-corrected chi connectivity index (χ0v) is 19.5. The zero-order valence-electron chi connectivity index (χ0n) is 19.5. The molecule has 0 atom stereocenters. The number of alkyl carbamates (subject to hydrolysis) is 1. The second-order valence-electron chi connectivity index (χ2n) is 6.61. The molecule has 0 spiro atoms. The van der Waals surface area contributed by atoms with E-state index in [0.29, 0.717) is 79.2 Å². The molecule has 0 aliphatic heterocycles. The fourth-order valence-electron chi connectivity index (χ4n) is 2.37. The highest BCUT2D eigenvalue weighted by Gasteiger charge is 2.02. The van der Waals surface area contributed by atoms with Gasteiger partial charge in [0.05, 0.1) is 79.1 Å². The molecule has 0 aromatic heterocycles. The first-order valence-corrected chi connectivity index (χ1v) is 11.2. The first kappa shape index (κ1) is 28.8. The molecular weight excluding hydrogens is 434 g/mol.